The third-order valence-corrected chi connectivity index (χ3v) is 3.47. The Hall–Kier alpha value is -0.750. The summed E-state index contributed by atoms with van der Waals surface area (Å²) in [4.78, 5) is 21.4. The summed E-state index contributed by atoms with van der Waals surface area (Å²) in [7, 11) is 1.37. The van der Waals surface area contributed by atoms with Gasteiger partial charge in [-0.1, -0.05) is 0 Å². The molecule has 0 radical (unpaired) electrons. The molecule has 0 aliphatic carbocycles. The van der Waals surface area contributed by atoms with E-state index in [4.69, 9.17) is 9.84 Å². The molecule has 0 aromatic heterocycles. The van der Waals surface area contributed by atoms with Gasteiger partial charge in [-0.25, -0.2) is 4.79 Å². The molecule has 1 saturated heterocycles. The molecule has 1 aliphatic rings. The fourth-order valence-electron chi connectivity index (χ4n) is 1.48. The van der Waals surface area contributed by atoms with Crippen LogP contribution in [0.2, 0.25) is 0 Å². The topological polar surface area (TPSA) is 72.8 Å². The normalized spacial score (nSPS) is 24.3. The number of thioether (sulfide) groups is 1. The molecular formula is C10H16O5S. The SMILES string of the molecule is COC(=O)CCSCC1CCC(C(=O)O)O1. The number of carboxylic acids is 1. The lowest BCUT2D eigenvalue weighted by Crippen LogP contribution is -2.21. The summed E-state index contributed by atoms with van der Waals surface area (Å²) in [6.07, 6.45) is 1.10. The number of aliphatic carboxylic acids is 1. The summed E-state index contributed by atoms with van der Waals surface area (Å²) in [6.45, 7) is 0. The van der Waals surface area contributed by atoms with E-state index in [0.29, 0.717) is 18.6 Å². The third-order valence-electron chi connectivity index (χ3n) is 2.36. The lowest BCUT2D eigenvalue weighted by Gasteiger charge is -2.10. The summed E-state index contributed by atoms with van der Waals surface area (Å²) in [6, 6.07) is 0. The summed E-state index contributed by atoms with van der Waals surface area (Å²) in [5.41, 5.74) is 0. The van der Waals surface area contributed by atoms with Crippen molar-refractivity contribution >= 4 is 23.7 Å². The fourth-order valence-corrected chi connectivity index (χ4v) is 2.47. The quantitative estimate of drug-likeness (QED) is 0.556. The molecule has 0 amide bonds. The van der Waals surface area contributed by atoms with Gasteiger partial charge in [-0.15, -0.1) is 0 Å². The summed E-state index contributed by atoms with van der Waals surface area (Å²) in [5, 5.41) is 8.71. The molecule has 0 aromatic rings. The van der Waals surface area contributed by atoms with E-state index >= 15 is 0 Å². The number of ether oxygens (including phenoxy) is 2. The Labute approximate surface area is 98.5 Å². The highest BCUT2D eigenvalue weighted by molar-refractivity contribution is 7.99. The molecular weight excluding hydrogens is 232 g/mol. The van der Waals surface area contributed by atoms with Crippen LogP contribution in [0.5, 0.6) is 0 Å². The van der Waals surface area contributed by atoms with E-state index in [1.54, 1.807) is 11.8 Å². The Morgan fingerprint density at radius 1 is 1.50 bits per heavy atom. The first-order chi connectivity index (χ1) is 7.63. The third kappa shape index (κ3) is 4.40. The van der Waals surface area contributed by atoms with Crippen LogP contribution in [0.1, 0.15) is 19.3 Å². The minimum Gasteiger partial charge on any atom is -0.479 e. The number of rotatable bonds is 6. The first-order valence-corrected chi connectivity index (χ1v) is 6.31. The molecule has 1 N–H and O–H groups in total. The maximum absolute atomic E-state index is 10.8. The number of carbonyl (C=O) groups excluding carboxylic acids is 1. The van der Waals surface area contributed by atoms with Crippen LogP contribution in [0, 0.1) is 0 Å². The van der Waals surface area contributed by atoms with E-state index in [9.17, 15) is 9.59 Å². The van der Waals surface area contributed by atoms with Gasteiger partial charge in [-0.3, -0.25) is 4.79 Å². The van der Waals surface area contributed by atoms with Gasteiger partial charge in [0.1, 0.15) is 0 Å². The van der Waals surface area contributed by atoms with Crippen molar-refractivity contribution in [3.63, 3.8) is 0 Å². The molecule has 0 spiro atoms. The minimum atomic E-state index is -0.887. The molecule has 2 atom stereocenters. The van der Waals surface area contributed by atoms with E-state index < -0.39 is 12.1 Å². The van der Waals surface area contributed by atoms with Crippen LogP contribution in [0.4, 0.5) is 0 Å². The molecule has 92 valence electrons. The van der Waals surface area contributed by atoms with Gasteiger partial charge in [0.2, 0.25) is 0 Å². The van der Waals surface area contributed by atoms with Crippen molar-refractivity contribution in [2.75, 3.05) is 18.6 Å². The second-order valence-electron chi connectivity index (χ2n) is 3.56. The number of esters is 1. The fraction of sp³-hybridized carbons (Fsp3) is 0.800. The second-order valence-corrected chi connectivity index (χ2v) is 4.71. The van der Waals surface area contributed by atoms with Crippen LogP contribution in [-0.2, 0) is 19.1 Å². The van der Waals surface area contributed by atoms with Crippen molar-refractivity contribution < 1.29 is 24.2 Å². The lowest BCUT2D eigenvalue weighted by molar-refractivity contribution is -0.149. The maximum Gasteiger partial charge on any atom is 0.332 e. The van der Waals surface area contributed by atoms with Gasteiger partial charge in [0.05, 0.1) is 19.6 Å². The monoisotopic (exact) mass is 248 g/mol. The van der Waals surface area contributed by atoms with Gasteiger partial charge in [0.25, 0.3) is 0 Å². The van der Waals surface area contributed by atoms with Crippen molar-refractivity contribution in [3.8, 4) is 0 Å². The van der Waals surface area contributed by atoms with Crippen LogP contribution in [0.15, 0.2) is 0 Å². The summed E-state index contributed by atoms with van der Waals surface area (Å²) < 4.78 is 9.83. The van der Waals surface area contributed by atoms with Crippen LogP contribution in [0.3, 0.4) is 0 Å². The zero-order valence-corrected chi connectivity index (χ0v) is 10.00. The van der Waals surface area contributed by atoms with E-state index in [-0.39, 0.29) is 12.1 Å². The highest BCUT2D eigenvalue weighted by Crippen LogP contribution is 2.23. The van der Waals surface area contributed by atoms with E-state index in [0.717, 1.165) is 12.2 Å². The Kier molecular flexibility index (Phi) is 5.62. The van der Waals surface area contributed by atoms with E-state index in [1.165, 1.54) is 7.11 Å². The zero-order valence-electron chi connectivity index (χ0n) is 9.18. The van der Waals surface area contributed by atoms with Crippen molar-refractivity contribution in [2.45, 2.75) is 31.5 Å². The maximum atomic E-state index is 10.8. The molecule has 1 rings (SSSR count). The van der Waals surface area contributed by atoms with Crippen molar-refractivity contribution in [3.05, 3.63) is 0 Å². The Balaban J connectivity index is 2.07. The molecule has 0 bridgehead atoms. The van der Waals surface area contributed by atoms with Crippen LogP contribution in [-0.4, -0.2) is 47.9 Å². The Morgan fingerprint density at radius 2 is 2.25 bits per heavy atom. The molecule has 2 unspecified atom stereocenters. The van der Waals surface area contributed by atoms with Crippen molar-refractivity contribution in [1.82, 2.24) is 0 Å². The zero-order chi connectivity index (χ0) is 12.0. The highest BCUT2D eigenvalue weighted by Gasteiger charge is 2.30. The number of hydrogen-bond acceptors (Lipinski definition) is 5. The molecule has 0 saturated carbocycles. The summed E-state index contributed by atoms with van der Waals surface area (Å²) in [5.74, 6) is 0.315. The molecule has 0 aromatic carbocycles. The molecule has 16 heavy (non-hydrogen) atoms. The van der Waals surface area contributed by atoms with Gasteiger partial charge in [0, 0.05) is 11.5 Å². The van der Waals surface area contributed by atoms with Crippen LogP contribution >= 0.6 is 11.8 Å². The number of methoxy groups -OCH3 is 1. The van der Waals surface area contributed by atoms with Gasteiger partial charge >= 0.3 is 11.9 Å². The molecule has 1 aliphatic heterocycles. The van der Waals surface area contributed by atoms with Gasteiger partial charge in [-0.05, 0) is 12.8 Å². The average molecular weight is 248 g/mol. The molecule has 1 fully saturated rings. The number of carbonyl (C=O) groups is 2. The van der Waals surface area contributed by atoms with Crippen molar-refractivity contribution in [2.24, 2.45) is 0 Å². The predicted octanol–water partition coefficient (Wildman–Crippen LogP) is 0.915. The van der Waals surface area contributed by atoms with Gasteiger partial charge < -0.3 is 14.6 Å². The average Bonchev–Trinajstić information content (AvgIpc) is 2.72. The van der Waals surface area contributed by atoms with Gasteiger partial charge in [0.15, 0.2) is 6.10 Å². The highest BCUT2D eigenvalue weighted by atomic mass is 32.2. The number of hydrogen-bond donors (Lipinski definition) is 1. The standard InChI is InChI=1S/C10H16O5S/c1-14-9(11)4-5-16-6-7-2-3-8(15-7)10(12)13/h7-8H,2-6H2,1H3,(H,12,13). The predicted molar refractivity (Wildman–Crippen MR) is 59.5 cm³/mol. The van der Waals surface area contributed by atoms with E-state index in [2.05, 4.69) is 4.74 Å². The molecule has 1 heterocycles. The Bertz CT molecular complexity index is 256. The van der Waals surface area contributed by atoms with E-state index in [1.807, 2.05) is 0 Å². The summed E-state index contributed by atoms with van der Waals surface area (Å²) >= 11 is 1.59. The van der Waals surface area contributed by atoms with Crippen LogP contribution < -0.4 is 0 Å². The number of carboxylic acid groups (broad SMARTS) is 1. The lowest BCUT2D eigenvalue weighted by atomic mass is 10.2. The largest absolute Gasteiger partial charge is 0.479 e. The van der Waals surface area contributed by atoms with Crippen molar-refractivity contribution in [1.29, 1.82) is 0 Å². The first kappa shape index (κ1) is 13.3. The first-order valence-electron chi connectivity index (χ1n) is 5.16. The molecule has 5 nitrogen and oxygen atoms in total. The second kappa shape index (κ2) is 6.75. The van der Waals surface area contributed by atoms with Gasteiger partial charge in [-0.2, -0.15) is 11.8 Å². The molecule has 6 heteroatoms. The Morgan fingerprint density at radius 3 is 2.81 bits per heavy atom. The van der Waals surface area contributed by atoms with Crippen LogP contribution in [0.25, 0.3) is 0 Å². The smallest absolute Gasteiger partial charge is 0.332 e. The minimum absolute atomic E-state index is 0.00347.